The van der Waals surface area contributed by atoms with Gasteiger partial charge in [-0.3, -0.25) is 0 Å². The summed E-state index contributed by atoms with van der Waals surface area (Å²) in [4.78, 5) is 8.02. The molecular weight excluding hydrogens is 267 g/mol. The highest BCUT2D eigenvalue weighted by molar-refractivity contribution is 9.10. The summed E-state index contributed by atoms with van der Waals surface area (Å²) in [7, 11) is 1.60. The van der Waals surface area contributed by atoms with E-state index in [0.29, 0.717) is 11.3 Å². The zero-order valence-electron chi connectivity index (χ0n) is 7.29. The van der Waals surface area contributed by atoms with E-state index in [1.807, 2.05) is 12.1 Å². The van der Waals surface area contributed by atoms with Crippen molar-refractivity contribution in [3.8, 4) is 5.75 Å². The second-order valence-electron chi connectivity index (χ2n) is 2.65. The molecule has 14 heavy (non-hydrogen) atoms. The molecule has 0 radical (unpaired) electrons. The van der Waals surface area contributed by atoms with Gasteiger partial charge in [0.2, 0.25) is 5.28 Å². The highest BCUT2D eigenvalue weighted by Crippen LogP contribution is 2.29. The molecule has 1 aromatic carbocycles. The molecule has 2 rings (SSSR count). The normalized spacial score (nSPS) is 10.5. The number of fused-ring (bicyclic) bond motifs is 1. The summed E-state index contributed by atoms with van der Waals surface area (Å²) in [6.07, 6.45) is 1.66. The molecule has 0 N–H and O–H groups in total. The predicted molar refractivity (Wildman–Crippen MR) is 58.8 cm³/mol. The van der Waals surface area contributed by atoms with E-state index in [9.17, 15) is 0 Å². The van der Waals surface area contributed by atoms with Crippen LogP contribution in [-0.4, -0.2) is 17.1 Å². The van der Waals surface area contributed by atoms with Crippen molar-refractivity contribution in [3.63, 3.8) is 0 Å². The van der Waals surface area contributed by atoms with E-state index < -0.39 is 0 Å². The smallest absolute Gasteiger partial charge is 0.223 e. The van der Waals surface area contributed by atoms with Crippen LogP contribution >= 0.6 is 27.5 Å². The Morgan fingerprint density at radius 1 is 1.43 bits per heavy atom. The van der Waals surface area contributed by atoms with Gasteiger partial charge < -0.3 is 4.74 Å². The number of halogens is 2. The van der Waals surface area contributed by atoms with Gasteiger partial charge in [0.15, 0.2) is 0 Å². The molecular formula is C9H6BrClN2O. The van der Waals surface area contributed by atoms with Gasteiger partial charge in [0.25, 0.3) is 0 Å². The Morgan fingerprint density at radius 3 is 2.93 bits per heavy atom. The van der Waals surface area contributed by atoms with Gasteiger partial charge in [-0.15, -0.1) is 0 Å². The van der Waals surface area contributed by atoms with Crippen molar-refractivity contribution in [3.05, 3.63) is 28.1 Å². The van der Waals surface area contributed by atoms with E-state index in [2.05, 4.69) is 25.9 Å². The van der Waals surface area contributed by atoms with Crippen LogP contribution in [0.5, 0.6) is 5.75 Å². The third-order valence-corrected chi connectivity index (χ3v) is 2.72. The van der Waals surface area contributed by atoms with Gasteiger partial charge in [0, 0.05) is 16.1 Å². The zero-order valence-corrected chi connectivity index (χ0v) is 9.63. The van der Waals surface area contributed by atoms with E-state index in [-0.39, 0.29) is 5.28 Å². The molecule has 72 valence electrons. The van der Waals surface area contributed by atoms with Crippen LogP contribution in [0.1, 0.15) is 0 Å². The quantitative estimate of drug-likeness (QED) is 0.749. The Kier molecular flexibility index (Phi) is 2.56. The van der Waals surface area contributed by atoms with Crippen molar-refractivity contribution in [2.75, 3.05) is 7.11 Å². The maximum atomic E-state index is 5.71. The number of methoxy groups -OCH3 is 1. The van der Waals surface area contributed by atoms with Crippen molar-refractivity contribution in [2.45, 2.75) is 0 Å². The van der Waals surface area contributed by atoms with Gasteiger partial charge in [-0.1, -0.05) is 15.9 Å². The summed E-state index contributed by atoms with van der Waals surface area (Å²) >= 11 is 9.11. The van der Waals surface area contributed by atoms with Gasteiger partial charge in [-0.2, -0.15) is 0 Å². The van der Waals surface area contributed by atoms with E-state index >= 15 is 0 Å². The van der Waals surface area contributed by atoms with Crippen LogP contribution in [0.2, 0.25) is 5.28 Å². The van der Waals surface area contributed by atoms with Crippen molar-refractivity contribution in [2.24, 2.45) is 0 Å². The molecule has 0 aliphatic carbocycles. The van der Waals surface area contributed by atoms with Crippen LogP contribution in [0.4, 0.5) is 0 Å². The van der Waals surface area contributed by atoms with Crippen LogP contribution in [0.15, 0.2) is 22.8 Å². The van der Waals surface area contributed by atoms with Gasteiger partial charge in [0.05, 0.1) is 7.11 Å². The molecule has 0 saturated carbocycles. The average molecular weight is 274 g/mol. The topological polar surface area (TPSA) is 35.0 Å². The lowest BCUT2D eigenvalue weighted by Crippen LogP contribution is -1.90. The maximum absolute atomic E-state index is 5.71. The number of rotatable bonds is 1. The third-order valence-electron chi connectivity index (χ3n) is 1.85. The monoisotopic (exact) mass is 272 g/mol. The third kappa shape index (κ3) is 1.55. The van der Waals surface area contributed by atoms with E-state index in [1.54, 1.807) is 13.3 Å². The first-order valence-corrected chi connectivity index (χ1v) is 5.04. The predicted octanol–water partition coefficient (Wildman–Crippen LogP) is 3.05. The molecule has 0 saturated heterocycles. The minimum atomic E-state index is 0.217. The molecule has 0 atom stereocenters. The first-order chi connectivity index (χ1) is 6.72. The molecule has 0 fully saturated rings. The van der Waals surface area contributed by atoms with E-state index in [4.69, 9.17) is 16.3 Å². The highest BCUT2D eigenvalue weighted by Gasteiger charge is 2.07. The molecule has 0 aliphatic rings. The summed E-state index contributed by atoms with van der Waals surface area (Å²) in [5.41, 5.74) is 0.710. The Morgan fingerprint density at radius 2 is 2.21 bits per heavy atom. The van der Waals surface area contributed by atoms with Gasteiger partial charge in [0.1, 0.15) is 11.3 Å². The van der Waals surface area contributed by atoms with Crippen LogP contribution in [0.25, 0.3) is 10.9 Å². The molecule has 0 bridgehead atoms. The fourth-order valence-electron chi connectivity index (χ4n) is 1.21. The summed E-state index contributed by atoms with van der Waals surface area (Å²) in [6, 6.07) is 3.72. The second-order valence-corrected chi connectivity index (χ2v) is 3.84. The lowest BCUT2D eigenvalue weighted by molar-refractivity contribution is 0.419. The van der Waals surface area contributed by atoms with Gasteiger partial charge >= 0.3 is 0 Å². The molecule has 2 aromatic rings. The Labute approximate surface area is 94.2 Å². The molecule has 0 aliphatic heterocycles. The van der Waals surface area contributed by atoms with Crippen molar-refractivity contribution in [1.29, 1.82) is 0 Å². The largest absolute Gasteiger partial charge is 0.494 e. The second kappa shape index (κ2) is 3.71. The van der Waals surface area contributed by atoms with Gasteiger partial charge in [-0.05, 0) is 23.7 Å². The number of hydrogen-bond donors (Lipinski definition) is 0. The summed E-state index contributed by atoms with van der Waals surface area (Å²) in [5, 5.41) is 1.10. The maximum Gasteiger partial charge on any atom is 0.223 e. The van der Waals surface area contributed by atoms with Crippen LogP contribution in [-0.2, 0) is 0 Å². The molecule has 1 aromatic heterocycles. The molecule has 0 amide bonds. The molecule has 3 nitrogen and oxygen atoms in total. The molecule has 0 spiro atoms. The Balaban J connectivity index is 2.85. The molecule has 1 heterocycles. The lowest BCUT2D eigenvalue weighted by Gasteiger charge is -2.05. The first kappa shape index (κ1) is 9.68. The average Bonchev–Trinajstić information content (AvgIpc) is 2.18. The summed E-state index contributed by atoms with van der Waals surface area (Å²) in [6.45, 7) is 0. The number of ether oxygens (including phenoxy) is 1. The van der Waals surface area contributed by atoms with Crippen LogP contribution in [0.3, 0.4) is 0 Å². The van der Waals surface area contributed by atoms with E-state index in [0.717, 1.165) is 9.86 Å². The number of aromatic nitrogens is 2. The SMILES string of the molecule is COc1ccc(Br)c2cnc(Cl)nc12. The van der Waals surface area contributed by atoms with Crippen molar-refractivity contribution < 1.29 is 4.74 Å². The van der Waals surface area contributed by atoms with Crippen molar-refractivity contribution in [1.82, 2.24) is 9.97 Å². The minimum absolute atomic E-state index is 0.217. The van der Waals surface area contributed by atoms with E-state index in [1.165, 1.54) is 0 Å². The summed E-state index contributed by atoms with van der Waals surface area (Å²) < 4.78 is 6.09. The Bertz CT molecular complexity index is 489. The number of benzene rings is 1. The molecule has 5 heteroatoms. The van der Waals surface area contributed by atoms with Crippen molar-refractivity contribution >= 4 is 38.4 Å². The fraction of sp³-hybridized carbons (Fsp3) is 0.111. The van der Waals surface area contributed by atoms with Crippen LogP contribution < -0.4 is 4.74 Å². The highest BCUT2D eigenvalue weighted by atomic mass is 79.9. The lowest BCUT2D eigenvalue weighted by atomic mass is 10.2. The zero-order chi connectivity index (χ0) is 10.1. The number of hydrogen-bond acceptors (Lipinski definition) is 3. The van der Waals surface area contributed by atoms with Crippen LogP contribution in [0, 0.1) is 0 Å². The minimum Gasteiger partial charge on any atom is -0.494 e. The summed E-state index contributed by atoms with van der Waals surface area (Å²) in [5.74, 6) is 0.688. The molecule has 0 unspecified atom stereocenters. The Hall–Kier alpha value is -0.870. The number of nitrogens with zero attached hydrogens (tertiary/aromatic N) is 2. The fourth-order valence-corrected chi connectivity index (χ4v) is 1.76. The standard InChI is InChI=1S/C9H6BrClN2O/c1-14-7-3-2-6(10)5-4-12-9(11)13-8(5)7/h2-4H,1H3. The first-order valence-electron chi connectivity index (χ1n) is 3.87. The van der Waals surface area contributed by atoms with Gasteiger partial charge in [-0.25, -0.2) is 9.97 Å².